The minimum atomic E-state index is -0.377. The number of hydrogen-bond acceptors (Lipinski definition) is 4. The fraction of sp³-hybridized carbons (Fsp3) is 0.667. The fourth-order valence-corrected chi connectivity index (χ4v) is 2.10. The molecule has 100 valence electrons. The Bertz CT molecular complexity index is 416. The van der Waals surface area contributed by atoms with Crippen LogP contribution in [0.5, 0.6) is 0 Å². The summed E-state index contributed by atoms with van der Waals surface area (Å²) >= 11 is 0. The molecule has 2 heterocycles. The lowest BCUT2D eigenvalue weighted by molar-refractivity contribution is -0.132. The quantitative estimate of drug-likeness (QED) is 0.684. The average molecular weight is 252 g/mol. The number of H-pyrrole nitrogens is 1. The Morgan fingerprint density at radius 2 is 2.50 bits per heavy atom. The highest BCUT2D eigenvalue weighted by Gasteiger charge is 2.27. The van der Waals surface area contributed by atoms with Gasteiger partial charge in [-0.25, -0.2) is 4.98 Å². The van der Waals surface area contributed by atoms with Crippen molar-refractivity contribution >= 4 is 5.91 Å². The van der Waals surface area contributed by atoms with Gasteiger partial charge in [-0.2, -0.15) is 0 Å². The second kappa shape index (κ2) is 5.49. The van der Waals surface area contributed by atoms with Gasteiger partial charge in [0, 0.05) is 26.6 Å². The Labute approximate surface area is 106 Å². The summed E-state index contributed by atoms with van der Waals surface area (Å²) in [5.41, 5.74) is 2.03. The number of nitrogens with zero attached hydrogens (tertiary/aromatic N) is 2. The van der Waals surface area contributed by atoms with Crippen molar-refractivity contribution in [2.24, 2.45) is 0 Å². The van der Waals surface area contributed by atoms with Gasteiger partial charge >= 0.3 is 0 Å². The topological polar surface area (TPSA) is 81.2 Å². The van der Waals surface area contributed by atoms with Crippen molar-refractivity contribution in [2.75, 3.05) is 13.6 Å². The molecular weight excluding hydrogens is 232 g/mol. The first-order valence-electron chi connectivity index (χ1n) is 6.25. The molecule has 18 heavy (non-hydrogen) atoms. The molecule has 0 bridgehead atoms. The SMILES string of the molecule is CC(O)CCN(C)C(=O)C1Cc2nc[nH]c2CN1. The van der Waals surface area contributed by atoms with Crippen LogP contribution in [-0.4, -0.2) is 51.6 Å². The number of carbonyl (C=O) groups is 1. The zero-order valence-corrected chi connectivity index (χ0v) is 10.8. The van der Waals surface area contributed by atoms with Crippen molar-refractivity contribution in [3.8, 4) is 0 Å². The summed E-state index contributed by atoms with van der Waals surface area (Å²) < 4.78 is 0. The number of amides is 1. The number of aliphatic hydroxyl groups is 1. The summed E-state index contributed by atoms with van der Waals surface area (Å²) in [5.74, 6) is 0.0595. The highest BCUT2D eigenvalue weighted by Crippen LogP contribution is 2.13. The molecule has 1 aliphatic rings. The Kier molecular flexibility index (Phi) is 3.98. The van der Waals surface area contributed by atoms with Gasteiger partial charge in [-0.05, 0) is 13.3 Å². The van der Waals surface area contributed by atoms with Crippen LogP contribution < -0.4 is 5.32 Å². The van der Waals surface area contributed by atoms with Crippen LogP contribution in [0.1, 0.15) is 24.7 Å². The van der Waals surface area contributed by atoms with Gasteiger partial charge in [-0.3, -0.25) is 10.1 Å². The van der Waals surface area contributed by atoms with E-state index in [1.807, 2.05) is 0 Å². The Balaban J connectivity index is 1.90. The van der Waals surface area contributed by atoms with E-state index in [1.165, 1.54) is 0 Å². The lowest BCUT2D eigenvalue weighted by atomic mass is 10.0. The van der Waals surface area contributed by atoms with E-state index < -0.39 is 0 Å². The number of aromatic nitrogens is 2. The molecule has 3 N–H and O–H groups in total. The first-order chi connectivity index (χ1) is 8.58. The van der Waals surface area contributed by atoms with Gasteiger partial charge in [0.1, 0.15) is 0 Å². The normalized spacial score (nSPS) is 20.3. The number of nitrogens with one attached hydrogen (secondary N) is 2. The lowest BCUT2D eigenvalue weighted by Crippen LogP contribution is -2.48. The molecule has 0 spiro atoms. The summed E-state index contributed by atoms with van der Waals surface area (Å²) in [7, 11) is 1.77. The van der Waals surface area contributed by atoms with Crippen LogP contribution in [0.4, 0.5) is 0 Å². The van der Waals surface area contributed by atoms with Crippen molar-refractivity contribution in [3.05, 3.63) is 17.7 Å². The number of hydrogen-bond donors (Lipinski definition) is 3. The molecule has 1 aromatic heterocycles. The zero-order valence-electron chi connectivity index (χ0n) is 10.8. The van der Waals surface area contributed by atoms with E-state index in [9.17, 15) is 9.90 Å². The monoisotopic (exact) mass is 252 g/mol. The third-order valence-electron chi connectivity index (χ3n) is 3.29. The van der Waals surface area contributed by atoms with Gasteiger partial charge in [-0.1, -0.05) is 0 Å². The molecule has 0 aromatic carbocycles. The predicted molar refractivity (Wildman–Crippen MR) is 66.9 cm³/mol. The standard InChI is InChI=1S/C12H20N4O2/c1-8(17)3-4-16(2)12(18)10-5-9-11(6-13-10)15-7-14-9/h7-8,10,13,17H,3-6H2,1-2H3,(H,14,15). The van der Waals surface area contributed by atoms with Crippen LogP contribution in [0.15, 0.2) is 6.33 Å². The number of imidazole rings is 1. The summed E-state index contributed by atoms with van der Waals surface area (Å²) in [4.78, 5) is 21.1. The van der Waals surface area contributed by atoms with Gasteiger partial charge in [0.25, 0.3) is 0 Å². The van der Waals surface area contributed by atoms with E-state index in [-0.39, 0.29) is 18.1 Å². The number of aromatic amines is 1. The highest BCUT2D eigenvalue weighted by atomic mass is 16.3. The molecule has 2 atom stereocenters. The number of rotatable bonds is 4. The van der Waals surface area contributed by atoms with Crippen molar-refractivity contribution in [2.45, 2.75) is 38.5 Å². The van der Waals surface area contributed by atoms with Gasteiger partial charge in [-0.15, -0.1) is 0 Å². The van der Waals surface area contributed by atoms with E-state index in [0.29, 0.717) is 25.9 Å². The minimum absolute atomic E-state index is 0.0595. The van der Waals surface area contributed by atoms with Crippen LogP contribution in [0.25, 0.3) is 0 Å². The average Bonchev–Trinajstić information content (AvgIpc) is 2.81. The van der Waals surface area contributed by atoms with Crippen LogP contribution in [0.2, 0.25) is 0 Å². The molecule has 6 heteroatoms. The molecule has 1 amide bonds. The van der Waals surface area contributed by atoms with Gasteiger partial charge in [0.2, 0.25) is 5.91 Å². The number of fused-ring (bicyclic) bond motifs is 1. The van der Waals surface area contributed by atoms with Gasteiger partial charge in [0.05, 0.1) is 29.9 Å². The van der Waals surface area contributed by atoms with Gasteiger partial charge < -0.3 is 15.0 Å². The molecule has 0 aliphatic carbocycles. The molecule has 2 unspecified atom stereocenters. The smallest absolute Gasteiger partial charge is 0.239 e. The molecular formula is C12H20N4O2. The molecule has 6 nitrogen and oxygen atoms in total. The Morgan fingerprint density at radius 3 is 3.22 bits per heavy atom. The van der Waals surface area contributed by atoms with Crippen molar-refractivity contribution in [1.29, 1.82) is 0 Å². The molecule has 0 fully saturated rings. The molecule has 1 aliphatic heterocycles. The van der Waals surface area contributed by atoms with Crippen molar-refractivity contribution < 1.29 is 9.90 Å². The van der Waals surface area contributed by atoms with E-state index in [0.717, 1.165) is 11.4 Å². The number of likely N-dealkylation sites (N-methyl/N-ethyl adjacent to an activating group) is 1. The lowest BCUT2D eigenvalue weighted by Gasteiger charge is -2.27. The Hall–Kier alpha value is -1.40. The van der Waals surface area contributed by atoms with Crippen molar-refractivity contribution in [1.82, 2.24) is 20.2 Å². The molecule has 0 saturated heterocycles. The summed E-state index contributed by atoms with van der Waals surface area (Å²) in [5, 5.41) is 12.4. The maximum Gasteiger partial charge on any atom is 0.239 e. The predicted octanol–water partition coefficient (Wildman–Crippen LogP) is -0.347. The molecule has 0 radical (unpaired) electrons. The second-order valence-electron chi connectivity index (χ2n) is 4.86. The highest BCUT2D eigenvalue weighted by molar-refractivity contribution is 5.82. The molecule has 1 aromatic rings. The second-order valence-corrected chi connectivity index (χ2v) is 4.86. The Morgan fingerprint density at radius 1 is 1.72 bits per heavy atom. The maximum absolute atomic E-state index is 12.2. The van der Waals surface area contributed by atoms with Crippen LogP contribution in [0.3, 0.4) is 0 Å². The van der Waals surface area contributed by atoms with Crippen LogP contribution in [0, 0.1) is 0 Å². The first-order valence-corrected chi connectivity index (χ1v) is 6.25. The summed E-state index contributed by atoms with van der Waals surface area (Å²) in [6.45, 7) is 2.95. The molecule has 2 rings (SSSR count). The third kappa shape index (κ3) is 2.88. The van der Waals surface area contributed by atoms with Gasteiger partial charge in [0.15, 0.2) is 0 Å². The van der Waals surface area contributed by atoms with Crippen LogP contribution in [-0.2, 0) is 17.8 Å². The summed E-state index contributed by atoms with van der Waals surface area (Å²) in [6, 6.07) is -0.209. The maximum atomic E-state index is 12.2. The van der Waals surface area contributed by atoms with E-state index in [4.69, 9.17) is 0 Å². The van der Waals surface area contributed by atoms with E-state index in [1.54, 1.807) is 25.2 Å². The van der Waals surface area contributed by atoms with E-state index >= 15 is 0 Å². The number of aliphatic hydroxyl groups excluding tert-OH is 1. The minimum Gasteiger partial charge on any atom is -0.393 e. The van der Waals surface area contributed by atoms with E-state index in [2.05, 4.69) is 15.3 Å². The zero-order chi connectivity index (χ0) is 13.1. The number of carbonyl (C=O) groups excluding carboxylic acids is 1. The first kappa shape index (κ1) is 13.0. The third-order valence-corrected chi connectivity index (χ3v) is 3.29. The fourth-order valence-electron chi connectivity index (χ4n) is 2.10. The van der Waals surface area contributed by atoms with Crippen LogP contribution >= 0.6 is 0 Å². The summed E-state index contributed by atoms with van der Waals surface area (Å²) in [6.07, 6.45) is 2.51. The molecule has 0 saturated carbocycles. The largest absolute Gasteiger partial charge is 0.393 e. The van der Waals surface area contributed by atoms with Crippen molar-refractivity contribution in [3.63, 3.8) is 0 Å².